The Morgan fingerprint density at radius 2 is 2.38 bits per heavy atom. The topological polar surface area (TPSA) is 54.5 Å². The molecule has 90 valence electrons. The Bertz CT molecular complexity index is 352. The first-order valence-corrected chi connectivity index (χ1v) is 5.80. The standard InChI is InChI=1S/C10H17N3O2S/c1-7(6-13(2)3)12-10-11-5-8(16-10)9(14)15-4/h5,7H,6H2,1-4H3,(H,11,12). The Labute approximate surface area is 99.4 Å². The monoisotopic (exact) mass is 243 g/mol. The summed E-state index contributed by atoms with van der Waals surface area (Å²) in [5, 5.41) is 3.98. The molecule has 0 fully saturated rings. The zero-order valence-electron chi connectivity index (χ0n) is 9.98. The van der Waals surface area contributed by atoms with Crippen LogP contribution in [0, 0.1) is 0 Å². The van der Waals surface area contributed by atoms with Crippen LogP contribution in [0.3, 0.4) is 0 Å². The van der Waals surface area contributed by atoms with E-state index in [1.54, 1.807) is 0 Å². The van der Waals surface area contributed by atoms with E-state index in [-0.39, 0.29) is 12.0 Å². The molecule has 0 bridgehead atoms. The van der Waals surface area contributed by atoms with Gasteiger partial charge < -0.3 is 15.0 Å². The SMILES string of the molecule is COC(=O)c1cnc(NC(C)CN(C)C)s1. The van der Waals surface area contributed by atoms with Gasteiger partial charge in [-0.15, -0.1) is 0 Å². The van der Waals surface area contributed by atoms with Crippen molar-refractivity contribution in [2.75, 3.05) is 33.1 Å². The van der Waals surface area contributed by atoms with Crippen LogP contribution in [0.1, 0.15) is 16.6 Å². The van der Waals surface area contributed by atoms with Gasteiger partial charge in [0, 0.05) is 12.6 Å². The number of hydrogen-bond acceptors (Lipinski definition) is 6. The number of hydrogen-bond donors (Lipinski definition) is 1. The second-order valence-corrected chi connectivity index (χ2v) is 4.86. The highest BCUT2D eigenvalue weighted by atomic mass is 32.1. The van der Waals surface area contributed by atoms with Gasteiger partial charge in [0.25, 0.3) is 0 Å². The van der Waals surface area contributed by atoms with Gasteiger partial charge in [-0.2, -0.15) is 0 Å². The van der Waals surface area contributed by atoms with Crippen LogP contribution in [0.4, 0.5) is 5.13 Å². The number of ether oxygens (including phenoxy) is 1. The number of nitrogens with one attached hydrogen (secondary N) is 1. The number of thiazole rings is 1. The zero-order chi connectivity index (χ0) is 12.1. The predicted octanol–water partition coefficient (Wildman–Crippen LogP) is 1.29. The Kier molecular flexibility index (Phi) is 4.70. The van der Waals surface area contributed by atoms with Gasteiger partial charge in [0.1, 0.15) is 4.88 Å². The summed E-state index contributed by atoms with van der Waals surface area (Å²) in [7, 11) is 5.39. The Balaban J connectivity index is 2.55. The van der Waals surface area contributed by atoms with Crippen molar-refractivity contribution in [2.45, 2.75) is 13.0 Å². The molecule has 1 unspecified atom stereocenters. The summed E-state index contributed by atoms with van der Waals surface area (Å²) < 4.78 is 4.61. The number of carbonyl (C=O) groups is 1. The lowest BCUT2D eigenvalue weighted by atomic mass is 10.3. The van der Waals surface area contributed by atoms with Crippen LogP contribution in [0.2, 0.25) is 0 Å². The van der Waals surface area contributed by atoms with Gasteiger partial charge in [-0.05, 0) is 21.0 Å². The summed E-state index contributed by atoms with van der Waals surface area (Å²) in [6, 6.07) is 0.284. The maximum absolute atomic E-state index is 11.2. The molecule has 0 saturated carbocycles. The quantitative estimate of drug-likeness (QED) is 0.790. The molecule has 1 heterocycles. The number of carbonyl (C=O) groups excluding carboxylic acids is 1. The third-order valence-electron chi connectivity index (χ3n) is 1.90. The van der Waals surface area contributed by atoms with Crippen molar-refractivity contribution in [2.24, 2.45) is 0 Å². The molecule has 0 spiro atoms. The molecule has 5 nitrogen and oxygen atoms in total. The number of likely N-dealkylation sites (N-methyl/N-ethyl adjacent to an activating group) is 1. The number of nitrogens with zero attached hydrogens (tertiary/aromatic N) is 2. The number of methoxy groups -OCH3 is 1. The van der Waals surface area contributed by atoms with Gasteiger partial charge in [0.15, 0.2) is 5.13 Å². The van der Waals surface area contributed by atoms with Crippen molar-refractivity contribution in [3.05, 3.63) is 11.1 Å². The van der Waals surface area contributed by atoms with Crippen molar-refractivity contribution in [1.29, 1.82) is 0 Å². The molecule has 1 rings (SSSR count). The predicted molar refractivity (Wildman–Crippen MR) is 65.1 cm³/mol. The van der Waals surface area contributed by atoms with Crippen LogP contribution in [-0.4, -0.2) is 49.6 Å². The summed E-state index contributed by atoms with van der Waals surface area (Å²) in [5.74, 6) is -0.342. The molecule has 0 amide bonds. The molecule has 0 aliphatic carbocycles. The molecule has 0 saturated heterocycles. The van der Waals surface area contributed by atoms with E-state index < -0.39 is 0 Å². The van der Waals surface area contributed by atoms with E-state index in [9.17, 15) is 4.79 Å². The minimum absolute atomic E-state index is 0.284. The van der Waals surface area contributed by atoms with Gasteiger partial charge >= 0.3 is 5.97 Å². The number of anilines is 1. The summed E-state index contributed by atoms with van der Waals surface area (Å²) in [6.45, 7) is 2.98. The smallest absolute Gasteiger partial charge is 0.349 e. The van der Waals surface area contributed by atoms with Crippen LogP contribution in [0.15, 0.2) is 6.20 Å². The van der Waals surface area contributed by atoms with Crippen molar-refractivity contribution in [3.8, 4) is 0 Å². The molecule has 0 radical (unpaired) electrons. The second kappa shape index (κ2) is 5.81. The maximum Gasteiger partial charge on any atom is 0.349 e. The number of aromatic nitrogens is 1. The van der Waals surface area contributed by atoms with Crippen LogP contribution in [0.5, 0.6) is 0 Å². The Morgan fingerprint density at radius 3 is 2.94 bits per heavy atom. The average molecular weight is 243 g/mol. The molecule has 0 aliphatic heterocycles. The summed E-state index contributed by atoms with van der Waals surface area (Å²) in [4.78, 5) is 17.9. The molecule has 6 heteroatoms. The largest absolute Gasteiger partial charge is 0.465 e. The van der Waals surface area contributed by atoms with Gasteiger partial charge in [0.05, 0.1) is 13.3 Å². The number of esters is 1. The lowest BCUT2D eigenvalue weighted by Crippen LogP contribution is -2.29. The molecule has 1 atom stereocenters. The van der Waals surface area contributed by atoms with E-state index in [1.807, 2.05) is 14.1 Å². The molecule has 0 aromatic carbocycles. The van der Waals surface area contributed by atoms with Crippen molar-refractivity contribution in [3.63, 3.8) is 0 Å². The fourth-order valence-electron chi connectivity index (χ4n) is 1.34. The molecule has 1 N–H and O–H groups in total. The third-order valence-corrected chi connectivity index (χ3v) is 2.81. The lowest BCUT2D eigenvalue weighted by molar-refractivity contribution is 0.0606. The van der Waals surface area contributed by atoms with E-state index in [0.717, 1.165) is 11.7 Å². The van der Waals surface area contributed by atoms with Crippen LogP contribution in [-0.2, 0) is 4.74 Å². The Hall–Kier alpha value is -1.14. The van der Waals surface area contributed by atoms with Crippen LogP contribution < -0.4 is 5.32 Å². The summed E-state index contributed by atoms with van der Waals surface area (Å²) >= 11 is 1.31. The molecule has 0 aliphatic rings. The average Bonchev–Trinajstić information content (AvgIpc) is 2.63. The highest BCUT2D eigenvalue weighted by Gasteiger charge is 2.12. The molecular weight excluding hydrogens is 226 g/mol. The normalized spacial score (nSPS) is 12.6. The van der Waals surface area contributed by atoms with Crippen LogP contribution in [0.25, 0.3) is 0 Å². The first-order chi connectivity index (χ1) is 7.52. The molecule has 1 aromatic rings. The third kappa shape index (κ3) is 3.79. The summed E-state index contributed by atoms with van der Waals surface area (Å²) in [5.41, 5.74) is 0. The Morgan fingerprint density at radius 1 is 1.69 bits per heavy atom. The highest BCUT2D eigenvalue weighted by molar-refractivity contribution is 7.17. The minimum atomic E-state index is -0.342. The summed E-state index contributed by atoms with van der Waals surface area (Å²) in [6.07, 6.45) is 1.53. The van der Waals surface area contributed by atoms with Gasteiger partial charge in [-0.25, -0.2) is 9.78 Å². The van der Waals surface area contributed by atoms with Gasteiger partial charge in [-0.1, -0.05) is 11.3 Å². The maximum atomic E-state index is 11.2. The van der Waals surface area contributed by atoms with Crippen molar-refractivity contribution >= 4 is 22.4 Å². The van der Waals surface area contributed by atoms with E-state index >= 15 is 0 Å². The molecule has 16 heavy (non-hydrogen) atoms. The fraction of sp³-hybridized carbons (Fsp3) is 0.600. The van der Waals surface area contributed by atoms with Crippen LogP contribution >= 0.6 is 11.3 Å². The van der Waals surface area contributed by atoms with E-state index in [2.05, 4.69) is 26.9 Å². The lowest BCUT2D eigenvalue weighted by Gasteiger charge is -2.17. The second-order valence-electron chi connectivity index (χ2n) is 3.83. The first kappa shape index (κ1) is 12.9. The highest BCUT2D eigenvalue weighted by Crippen LogP contribution is 2.19. The number of rotatable bonds is 5. The zero-order valence-corrected chi connectivity index (χ0v) is 10.8. The first-order valence-electron chi connectivity index (χ1n) is 4.98. The van der Waals surface area contributed by atoms with E-state index in [1.165, 1.54) is 24.6 Å². The molecule has 1 aromatic heterocycles. The van der Waals surface area contributed by atoms with E-state index in [0.29, 0.717) is 4.88 Å². The van der Waals surface area contributed by atoms with Crippen molar-refractivity contribution in [1.82, 2.24) is 9.88 Å². The van der Waals surface area contributed by atoms with Gasteiger partial charge in [0.2, 0.25) is 0 Å². The van der Waals surface area contributed by atoms with Crippen molar-refractivity contribution < 1.29 is 9.53 Å². The minimum Gasteiger partial charge on any atom is -0.465 e. The molecular formula is C10H17N3O2S. The fourth-order valence-corrected chi connectivity index (χ4v) is 2.19. The van der Waals surface area contributed by atoms with E-state index in [4.69, 9.17) is 0 Å². The van der Waals surface area contributed by atoms with Gasteiger partial charge in [-0.3, -0.25) is 0 Å².